The molecule has 2 rings (SSSR count). The molecule has 0 amide bonds. The van der Waals surface area contributed by atoms with Crippen LogP contribution in [-0.2, 0) is 4.74 Å². The van der Waals surface area contributed by atoms with Crippen LogP contribution in [0.3, 0.4) is 0 Å². The fraction of sp³-hybridized carbons (Fsp3) is 0.250. The summed E-state index contributed by atoms with van der Waals surface area (Å²) in [6.07, 6.45) is 1.92. The highest BCUT2D eigenvalue weighted by molar-refractivity contribution is 5.97. The third kappa shape index (κ3) is 2.79. The number of rotatable bonds is 5. The monoisotopic (exact) mass is 272 g/mol. The lowest BCUT2D eigenvalue weighted by molar-refractivity contribution is 0.0491. The van der Waals surface area contributed by atoms with E-state index in [0.717, 1.165) is 5.56 Å². The van der Waals surface area contributed by atoms with Crippen LogP contribution in [0.5, 0.6) is 0 Å². The molecule has 104 valence electrons. The van der Waals surface area contributed by atoms with Gasteiger partial charge < -0.3 is 9.15 Å². The fourth-order valence-corrected chi connectivity index (χ4v) is 1.93. The lowest BCUT2D eigenvalue weighted by atomic mass is 10.0. The van der Waals surface area contributed by atoms with Crippen molar-refractivity contribution in [3.63, 3.8) is 0 Å². The number of Topliss-reactive ketones (excluding diaryl/α,β-unsaturated/α-hetero) is 1. The van der Waals surface area contributed by atoms with Gasteiger partial charge in [0, 0.05) is 17.5 Å². The number of furan rings is 1. The maximum atomic E-state index is 11.8. The number of esters is 1. The van der Waals surface area contributed by atoms with Crippen molar-refractivity contribution in [3.05, 3.63) is 47.9 Å². The molecule has 0 saturated heterocycles. The van der Waals surface area contributed by atoms with Crippen molar-refractivity contribution in [3.8, 4) is 11.1 Å². The minimum Gasteiger partial charge on any atom is -0.460 e. The minimum absolute atomic E-state index is 0.0920. The number of ketones is 1. The SMILES string of the molecule is CCOC(=O)c1occc1-c1ccc(C(=O)CC)cc1. The third-order valence-corrected chi connectivity index (χ3v) is 2.97. The Morgan fingerprint density at radius 3 is 2.40 bits per heavy atom. The molecular formula is C16H16O4. The number of benzene rings is 1. The topological polar surface area (TPSA) is 56.5 Å². The van der Waals surface area contributed by atoms with E-state index >= 15 is 0 Å². The Morgan fingerprint density at radius 1 is 1.10 bits per heavy atom. The zero-order valence-electron chi connectivity index (χ0n) is 11.5. The van der Waals surface area contributed by atoms with Gasteiger partial charge in [-0.2, -0.15) is 0 Å². The summed E-state index contributed by atoms with van der Waals surface area (Å²) in [5, 5.41) is 0. The van der Waals surface area contributed by atoms with Crippen LogP contribution in [0.2, 0.25) is 0 Å². The summed E-state index contributed by atoms with van der Waals surface area (Å²) in [5.74, 6) is -0.211. The Morgan fingerprint density at radius 2 is 1.80 bits per heavy atom. The van der Waals surface area contributed by atoms with Gasteiger partial charge in [0.15, 0.2) is 5.78 Å². The van der Waals surface area contributed by atoms with Crippen LogP contribution in [0.15, 0.2) is 41.0 Å². The van der Waals surface area contributed by atoms with E-state index < -0.39 is 5.97 Å². The molecule has 0 radical (unpaired) electrons. The number of hydrogen-bond donors (Lipinski definition) is 0. The predicted octanol–water partition coefficient (Wildman–Crippen LogP) is 3.72. The first kappa shape index (κ1) is 14.1. The molecule has 0 bridgehead atoms. The second-order valence-corrected chi connectivity index (χ2v) is 4.24. The molecule has 0 unspecified atom stereocenters. The molecule has 0 spiro atoms. The lowest BCUT2D eigenvalue weighted by Gasteiger charge is -2.04. The average molecular weight is 272 g/mol. The van der Waals surface area contributed by atoms with Crippen LogP contribution >= 0.6 is 0 Å². The minimum atomic E-state index is -0.485. The maximum absolute atomic E-state index is 11.8. The van der Waals surface area contributed by atoms with Crippen LogP contribution in [0.4, 0.5) is 0 Å². The molecule has 0 aliphatic carbocycles. The second-order valence-electron chi connectivity index (χ2n) is 4.24. The van der Waals surface area contributed by atoms with Crippen molar-refractivity contribution >= 4 is 11.8 Å². The summed E-state index contributed by atoms with van der Waals surface area (Å²) in [6.45, 7) is 3.86. The molecule has 0 aliphatic rings. The van der Waals surface area contributed by atoms with E-state index in [9.17, 15) is 9.59 Å². The molecule has 20 heavy (non-hydrogen) atoms. The molecule has 4 nitrogen and oxygen atoms in total. The van der Waals surface area contributed by atoms with Gasteiger partial charge in [0.05, 0.1) is 12.9 Å². The summed E-state index contributed by atoms with van der Waals surface area (Å²) in [6, 6.07) is 8.82. The van der Waals surface area contributed by atoms with Crippen molar-refractivity contribution in [2.75, 3.05) is 6.61 Å². The van der Waals surface area contributed by atoms with E-state index in [2.05, 4.69) is 0 Å². The molecule has 0 fully saturated rings. The number of carbonyl (C=O) groups excluding carboxylic acids is 2. The van der Waals surface area contributed by atoms with Crippen LogP contribution in [0, 0.1) is 0 Å². The van der Waals surface area contributed by atoms with Gasteiger partial charge in [-0.25, -0.2) is 4.79 Å². The Kier molecular flexibility index (Phi) is 4.35. The molecule has 0 atom stereocenters. The van der Waals surface area contributed by atoms with Gasteiger partial charge in [-0.15, -0.1) is 0 Å². The van der Waals surface area contributed by atoms with Crippen molar-refractivity contribution in [1.82, 2.24) is 0 Å². The van der Waals surface area contributed by atoms with Gasteiger partial charge in [-0.3, -0.25) is 4.79 Å². The highest BCUT2D eigenvalue weighted by Crippen LogP contribution is 2.26. The van der Waals surface area contributed by atoms with Gasteiger partial charge in [0.25, 0.3) is 0 Å². The quantitative estimate of drug-likeness (QED) is 0.615. The van der Waals surface area contributed by atoms with Crippen molar-refractivity contribution in [1.29, 1.82) is 0 Å². The molecule has 0 aliphatic heterocycles. The van der Waals surface area contributed by atoms with E-state index in [-0.39, 0.29) is 11.5 Å². The standard InChI is InChI=1S/C16H16O4/c1-3-14(17)12-7-5-11(6-8-12)13-9-10-20-15(13)16(18)19-4-2/h5-10H,3-4H2,1-2H3. The Hall–Kier alpha value is -2.36. The van der Waals surface area contributed by atoms with Crippen LogP contribution in [0.25, 0.3) is 11.1 Å². The lowest BCUT2D eigenvalue weighted by Crippen LogP contribution is -2.04. The van der Waals surface area contributed by atoms with Crippen molar-refractivity contribution in [2.24, 2.45) is 0 Å². The van der Waals surface area contributed by atoms with Crippen LogP contribution in [0.1, 0.15) is 41.2 Å². The van der Waals surface area contributed by atoms with E-state index in [0.29, 0.717) is 24.2 Å². The van der Waals surface area contributed by atoms with Gasteiger partial charge in [-0.1, -0.05) is 31.2 Å². The molecule has 1 aromatic heterocycles. The van der Waals surface area contributed by atoms with Crippen LogP contribution < -0.4 is 0 Å². The van der Waals surface area contributed by atoms with Gasteiger partial charge in [0.1, 0.15) is 0 Å². The first-order chi connectivity index (χ1) is 9.67. The molecule has 0 saturated carbocycles. The molecule has 0 N–H and O–H groups in total. The van der Waals surface area contributed by atoms with Crippen molar-refractivity contribution < 1.29 is 18.7 Å². The Bertz CT molecular complexity index is 608. The zero-order valence-corrected chi connectivity index (χ0v) is 11.5. The average Bonchev–Trinajstić information content (AvgIpc) is 2.96. The van der Waals surface area contributed by atoms with Gasteiger partial charge >= 0.3 is 5.97 Å². The highest BCUT2D eigenvalue weighted by atomic mass is 16.5. The molecule has 2 aromatic rings. The van der Waals surface area contributed by atoms with Crippen LogP contribution in [-0.4, -0.2) is 18.4 Å². The van der Waals surface area contributed by atoms with Gasteiger partial charge in [0.2, 0.25) is 5.76 Å². The molecule has 1 heterocycles. The normalized spacial score (nSPS) is 10.3. The summed E-state index contributed by atoms with van der Waals surface area (Å²) in [5.41, 5.74) is 2.14. The smallest absolute Gasteiger partial charge is 0.374 e. The molecule has 1 aromatic carbocycles. The largest absolute Gasteiger partial charge is 0.460 e. The molecular weight excluding hydrogens is 256 g/mol. The van der Waals surface area contributed by atoms with Crippen molar-refractivity contribution in [2.45, 2.75) is 20.3 Å². The third-order valence-electron chi connectivity index (χ3n) is 2.97. The summed E-state index contributed by atoms with van der Waals surface area (Å²) in [7, 11) is 0. The summed E-state index contributed by atoms with van der Waals surface area (Å²) in [4.78, 5) is 23.3. The second kappa shape index (κ2) is 6.19. The zero-order chi connectivity index (χ0) is 14.5. The predicted molar refractivity (Wildman–Crippen MR) is 74.7 cm³/mol. The van der Waals surface area contributed by atoms with E-state index in [1.807, 2.05) is 6.92 Å². The Labute approximate surface area is 117 Å². The Balaban J connectivity index is 2.31. The fourth-order valence-electron chi connectivity index (χ4n) is 1.93. The van der Waals surface area contributed by atoms with E-state index in [4.69, 9.17) is 9.15 Å². The first-order valence-corrected chi connectivity index (χ1v) is 6.55. The number of ether oxygens (including phenoxy) is 1. The van der Waals surface area contributed by atoms with E-state index in [1.165, 1.54) is 6.26 Å². The summed E-state index contributed by atoms with van der Waals surface area (Å²) >= 11 is 0. The first-order valence-electron chi connectivity index (χ1n) is 6.55. The van der Waals surface area contributed by atoms with E-state index in [1.54, 1.807) is 37.3 Å². The van der Waals surface area contributed by atoms with Gasteiger partial charge in [-0.05, 0) is 18.6 Å². The molecule has 4 heteroatoms. The maximum Gasteiger partial charge on any atom is 0.374 e. The number of carbonyl (C=O) groups is 2. The summed E-state index contributed by atoms with van der Waals surface area (Å²) < 4.78 is 10.1. The highest BCUT2D eigenvalue weighted by Gasteiger charge is 2.17. The number of hydrogen-bond acceptors (Lipinski definition) is 4.